The topological polar surface area (TPSA) is 9.23 Å². The minimum Gasteiger partial charge on any atom is -0.497 e. The highest BCUT2D eigenvalue weighted by molar-refractivity contribution is 5.28. The molecule has 0 radical (unpaired) electrons. The summed E-state index contributed by atoms with van der Waals surface area (Å²) >= 11 is 0. The van der Waals surface area contributed by atoms with Crippen LogP contribution in [0, 0.1) is 5.41 Å². The summed E-state index contributed by atoms with van der Waals surface area (Å²) in [6.07, 6.45) is 5.29. The standard InChI is InChI=1S/C20H24O/c1-4-20(2,15-14-17-8-6-5-7-9-17)16-18-10-12-19(21-3)13-11-18/h4-13H,1,14-16H2,2-3H3. The van der Waals surface area contributed by atoms with E-state index in [4.69, 9.17) is 4.74 Å². The molecule has 2 aromatic rings. The van der Waals surface area contributed by atoms with Crippen molar-refractivity contribution in [3.63, 3.8) is 0 Å². The van der Waals surface area contributed by atoms with E-state index in [0.29, 0.717) is 0 Å². The van der Waals surface area contributed by atoms with Gasteiger partial charge in [-0.05, 0) is 47.9 Å². The molecule has 0 aliphatic rings. The first kappa shape index (κ1) is 15.4. The average molecular weight is 280 g/mol. The summed E-state index contributed by atoms with van der Waals surface area (Å²) in [5.41, 5.74) is 2.83. The van der Waals surface area contributed by atoms with Gasteiger partial charge >= 0.3 is 0 Å². The Bertz CT molecular complexity index is 556. The van der Waals surface area contributed by atoms with Crippen LogP contribution in [0.25, 0.3) is 0 Å². The molecule has 1 atom stereocenters. The number of hydrogen-bond acceptors (Lipinski definition) is 1. The molecule has 1 unspecified atom stereocenters. The van der Waals surface area contributed by atoms with Gasteiger partial charge in [-0.1, -0.05) is 55.5 Å². The van der Waals surface area contributed by atoms with Gasteiger partial charge < -0.3 is 4.74 Å². The molecular weight excluding hydrogens is 256 g/mol. The maximum atomic E-state index is 5.21. The van der Waals surface area contributed by atoms with E-state index in [0.717, 1.165) is 25.0 Å². The fourth-order valence-corrected chi connectivity index (χ4v) is 2.55. The van der Waals surface area contributed by atoms with Gasteiger partial charge in [-0.2, -0.15) is 0 Å². The Morgan fingerprint density at radius 2 is 1.67 bits per heavy atom. The molecule has 0 heterocycles. The predicted molar refractivity (Wildman–Crippen MR) is 89.8 cm³/mol. The molecule has 0 amide bonds. The predicted octanol–water partition coefficient (Wildman–Crippen LogP) is 5.06. The van der Waals surface area contributed by atoms with E-state index in [-0.39, 0.29) is 5.41 Å². The quantitative estimate of drug-likeness (QED) is 0.644. The zero-order chi connectivity index (χ0) is 15.1. The largest absolute Gasteiger partial charge is 0.497 e. The molecule has 0 fully saturated rings. The smallest absolute Gasteiger partial charge is 0.118 e. The Morgan fingerprint density at radius 3 is 2.24 bits per heavy atom. The summed E-state index contributed by atoms with van der Waals surface area (Å²) in [5.74, 6) is 0.906. The average Bonchev–Trinajstić information content (AvgIpc) is 2.55. The Labute approximate surface area is 128 Å². The Kier molecular flexibility index (Phi) is 5.21. The highest BCUT2D eigenvalue weighted by Gasteiger charge is 2.20. The van der Waals surface area contributed by atoms with Crippen LogP contribution in [0.3, 0.4) is 0 Å². The van der Waals surface area contributed by atoms with Crippen molar-refractivity contribution in [2.75, 3.05) is 7.11 Å². The fraction of sp³-hybridized carbons (Fsp3) is 0.300. The van der Waals surface area contributed by atoms with Gasteiger partial charge in [-0.3, -0.25) is 0 Å². The minimum absolute atomic E-state index is 0.116. The molecule has 0 N–H and O–H groups in total. The summed E-state index contributed by atoms with van der Waals surface area (Å²) in [7, 11) is 1.70. The van der Waals surface area contributed by atoms with Crippen LogP contribution in [-0.2, 0) is 12.8 Å². The lowest BCUT2D eigenvalue weighted by molar-refractivity contribution is 0.389. The van der Waals surface area contributed by atoms with Crippen LogP contribution < -0.4 is 4.74 Å². The van der Waals surface area contributed by atoms with Gasteiger partial charge in [0.2, 0.25) is 0 Å². The number of hydrogen-bond donors (Lipinski definition) is 0. The molecule has 2 aromatic carbocycles. The minimum atomic E-state index is 0.116. The second-order valence-electron chi connectivity index (χ2n) is 5.87. The summed E-state index contributed by atoms with van der Waals surface area (Å²) in [5, 5.41) is 0. The summed E-state index contributed by atoms with van der Waals surface area (Å²) in [6.45, 7) is 6.34. The third-order valence-corrected chi connectivity index (χ3v) is 4.09. The van der Waals surface area contributed by atoms with Gasteiger partial charge in [0, 0.05) is 0 Å². The molecule has 0 aliphatic carbocycles. The van der Waals surface area contributed by atoms with Gasteiger partial charge in [0.25, 0.3) is 0 Å². The number of methoxy groups -OCH3 is 1. The first-order valence-corrected chi connectivity index (χ1v) is 7.46. The van der Waals surface area contributed by atoms with E-state index in [2.05, 4.69) is 62.0 Å². The van der Waals surface area contributed by atoms with Crippen LogP contribution in [0.5, 0.6) is 5.75 Å². The van der Waals surface area contributed by atoms with Gasteiger partial charge in [0.05, 0.1) is 7.11 Å². The molecule has 0 saturated heterocycles. The Balaban J connectivity index is 2.00. The van der Waals surface area contributed by atoms with Crippen molar-refractivity contribution in [1.29, 1.82) is 0 Å². The van der Waals surface area contributed by atoms with Crippen LogP contribution in [0.2, 0.25) is 0 Å². The van der Waals surface area contributed by atoms with Crippen molar-refractivity contribution in [2.45, 2.75) is 26.2 Å². The van der Waals surface area contributed by atoms with E-state index < -0.39 is 0 Å². The normalized spacial score (nSPS) is 13.4. The van der Waals surface area contributed by atoms with Gasteiger partial charge in [-0.15, -0.1) is 6.58 Å². The second kappa shape index (κ2) is 7.12. The van der Waals surface area contributed by atoms with Gasteiger partial charge in [0.1, 0.15) is 5.75 Å². The first-order chi connectivity index (χ1) is 10.1. The Hall–Kier alpha value is -2.02. The SMILES string of the molecule is C=CC(C)(CCc1ccccc1)Cc1ccc(OC)cc1. The number of rotatable bonds is 7. The van der Waals surface area contributed by atoms with Crippen LogP contribution in [0.4, 0.5) is 0 Å². The van der Waals surface area contributed by atoms with E-state index >= 15 is 0 Å². The van der Waals surface area contributed by atoms with Crippen LogP contribution in [-0.4, -0.2) is 7.11 Å². The van der Waals surface area contributed by atoms with Gasteiger partial charge in [0.15, 0.2) is 0 Å². The summed E-state index contributed by atoms with van der Waals surface area (Å²) in [6, 6.07) is 19.0. The monoisotopic (exact) mass is 280 g/mol. The molecule has 0 aliphatic heterocycles. The highest BCUT2D eigenvalue weighted by atomic mass is 16.5. The van der Waals surface area contributed by atoms with E-state index in [1.807, 2.05) is 12.1 Å². The number of benzene rings is 2. The third kappa shape index (κ3) is 4.49. The molecule has 1 heteroatoms. The number of aryl methyl sites for hydroxylation is 1. The zero-order valence-corrected chi connectivity index (χ0v) is 13.0. The number of allylic oxidation sites excluding steroid dienone is 1. The second-order valence-corrected chi connectivity index (χ2v) is 5.87. The van der Waals surface area contributed by atoms with Crippen molar-refractivity contribution in [3.8, 4) is 5.75 Å². The van der Waals surface area contributed by atoms with E-state index in [9.17, 15) is 0 Å². The van der Waals surface area contributed by atoms with Crippen LogP contribution >= 0.6 is 0 Å². The molecule has 110 valence electrons. The molecule has 0 saturated carbocycles. The Morgan fingerprint density at radius 1 is 1.00 bits per heavy atom. The van der Waals surface area contributed by atoms with Crippen molar-refractivity contribution < 1.29 is 4.74 Å². The van der Waals surface area contributed by atoms with Crippen LogP contribution in [0.1, 0.15) is 24.5 Å². The van der Waals surface area contributed by atoms with Crippen molar-refractivity contribution in [3.05, 3.63) is 78.4 Å². The van der Waals surface area contributed by atoms with E-state index in [1.165, 1.54) is 11.1 Å². The first-order valence-electron chi connectivity index (χ1n) is 7.46. The lowest BCUT2D eigenvalue weighted by Crippen LogP contribution is -2.17. The van der Waals surface area contributed by atoms with Crippen LogP contribution in [0.15, 0.2) is 67.3 Å². The maximum Gasteiger partial charge on any atom is 0.118 e. The number of ether oxygens (including phenoxy) is 1. The summed E-state index contributed by atoms with van der Waals surface area (Å²) < 4.78 is 5.21. The molecule has 0 spiro atoms. The van der Waals surface area contributed by atoms with Crippen molar-refractivity contribution in [1.82, 2.24) is 0 Å². The molecule has 0 aromatic heterocycles. The van der Waals surface area contributed by atoms with Crippen molar-refractivity contribution >= 4 is 0 Å². The molecule has 21 heavy (non-hydrogen) atoms. The fourth-order valence-electron chi connectivity index (χ4n) is 2.55. The molecule has 1 nitrogen and oxygen atoms in total. The summed E-state index contributed by atoms with van der Waals surface area (Å²) in [4.78, 5) is 0. The maximum absolute atomic E-state index is 5.21. The van der Waals surface area contributed by atoms with Gasteiger partial charge in [-0.25, -0.2) is 0 Å². The third-order valence-electron chi connectivity index (χ3n) is 4.09. The van der Waals surface area contributed by atoms with E-state index in [1.54, 1.807) is 7.11 Å². The van der Waals surface area contributed by atoms with Crippen molar-refractivity contribution in [2.24, 2.45) is 5.41 Å². The highest BCUT2D eigenvalue weighted by Crippen LogP contribution is 2.30. The molecular formula is C20H24O. The zero-order valence-electron chi connectivity index (χ0n) is 13.0. The lowest BCUT2D eigenvalue weighted by atomic mass is 9.79. The lowest BCUT2D eigenvalue weighted by Gasteiger charge is -2.26. The molecule has 2 rings (SSSR count). The molecule has 0 bridgehead atoms.